The van der Waals surface area contributed by atoms with E-state index in [4.69, 9.17) is 4.74 Å². The summed E-state index contributed by atoms with van der Waals surface area (Å²) >= 11 is 0. The average molecular weight is 445 g/mol. The van der Waals surface area contributed by atoms with Crippen molar-refractivity contribution in [3.05, 3.63) is 71.5 Å². The lowest BCUT2D eigenvalue weighted by Crippen LogP contribution is -2.38. The van der Waals surface area contributed by atoms with E-state index in [1.165, 1.54) is 17.5 Å². The summed E-state index contributed by atoms with van der Waals surface area (Å²) in [6, 6.07) is 16.0. The van der Waals surface area contributed by atoms with Gasteiger partial charge in [0, 0.05) is 30.8 Å². The van der Waals surface area contributed by atoms with Crippen molar-refractivity contribution in [2.75, 3.05) is 23.3 Å². The van der Waals surface area contributed by atoms with Crippen molar-refractivity contribution >= 4 is 17.4 Å². The van der Waals surface area contributed by atoms with E-state index >= 15 is 0 Å². The summed E-state index contributed by atoms with van der Waals surface area (Å²) in [6.07, 6.45) is 3.11. The van der Waals surface area contributed by atoms with Crippen LogP contribution in [0.5, 0.6) is 11.6 Å². The summed E-state index contributed by atoms with van der Waals surface area (Å²) in [5.41, 5.74) is 4.41. The van der Waals surface area contributed by atoms with E-state index in [1.54, 1.807) is 0 Å². The SMILES string of the molecule is Cc1cccc(Oc2cc(N3CCC(C(=O)Nc4ccc(C(C)C)cc4)CC3)ncn2)c1C. The van der Waals surface area contributed by atoms with E-state index in [-0.39, 0.29) is 11.8 Å². The largest absolute Gasteiger partial charge is 0.439 e. The number of benzene rings is 2. The second-order valence-electron chi connectivity index (χ2n) is 9.04. The fourth-order valence-corrected chi connectivity index (χ4v) is 4.07. The van der Waals surface area contributed by atoms with Crippen LogP contribution in [-0.4, -0.2) is 29.0 Å². The van der Waals surface area contributed by atoms with Crippen molar-refractivity contribution in [1.82, 2.24) is 9.97 Å². The highest BCUT2D eigenvalue weighted by molar-refractivity contribution is 5.92. The summed E-state index contributed by atoms with van der Waals surface area (Å²) in [7, 11) is 0. The maximum atomic E-state index is 12.8. The molecular formula is C27H32N4O2. The molecule has 6 nitrogen and oxygen atoms in total. The highest BCUT2D eigenvalue weighted by Gasteiger charge is 2.26. The van der Waals surface area contributed by atoms with Crippen LogP contribution in [0.25, 0.3) is 0 Å². The number of hydrogen-bond donors (Lipinski definition) is 1. The fraction of sp³-hybridized carbons (Fsp3) is 0.370. The maximum Gasteiger partial charge on any atom is 0.227 e. The number of nitrogens with zero attached hydrogens (tertiary/aromatic N) is 3. The molecule has 1 aliphatic heterocycles. The van der Waals surface area contributed by atoms with Crippen LogP contribution < -0.4 is 15.0 Å². The van der Waals surface area contributed by atoms with Crippen molar-refractivity contribution in [2.24, 2.45) is 5.92 Å². The average Bonchev–Trinajstić information content (AvgIpc) is 2.83. The molecule has 0 aliphatic carbocycles. The molecule has 0 saturated carbocycles. The number of aryl methyl sites for hydroxylation is 1. The first-order chi connectivity index (χ1) is 15.9. The third-order valence-electron chi connectivity index (χ3n) is 6.43. The smallest absolute Gasteiger partial charge is 0.227 e. The lowest BCUT2D eigenvalue weighted by Gasteiger charge is -2.32. The van der Waals surface area contributed by atoms with Crippen LogP contribution in [0.15, 0.2) is 54.9 Å². The Morgan fingerprint density at radius 3 is 2.48 bits per heavy atom. The van der Waals surface area contributed by atoms with E-state index in [2.05, 4.69) is 59.2 Å². The normalized spacial score (nSPS) is 14.4. The molecule has 0 atom stereocenters. The van der Waals surface area contributed by atoms with Crippen LogP contribution in [0.4, 0.5) is 11.5 Å². The van der Waals surface area contributed by atoms with Gasteiger partial charge < -0.3 is 15.0 Å². The summed E-state index contributed by atoms with van der Waals surface area (Å²) in [5.74, 6) is 2.73. The Labute approximate surface area is 196 Å². The number of carbonyl (C=O) groups is 1. The number of rotatable bonds is 6. The first-order valence-corrected chi connectivity index (χ1v) is 11.6. The van der Waals surface area contributed by atoms with Gasteiger partial charge in [0.05, 0.1) is 0 Å². The summed E-state index contributed by atoms with van der Waals surface area (Å²) in [4.78, 5) is 23.7. The highest BCUT2D eigenvalue weighted by atomic mass is 16.5. The molecule has 1 fully saturated rings. The second-order valence-corrected chi connectivity index (χ2v) is 9.04. The zero-order chi connectivity index (χ0) is 23.4. The molecular weight excluding hydrogens is 412 g/mol. The zero-order valence-corrected chi connectivity index (χ0v) is 19.8. The molecule has 6 heteroatoms. The van der Waals surface area contributed by atoms with Gasteiger partial charge in [-0.3, -0.25) is 4.79 Å². The van der Waals surface area contributed by atoms with Crippen LogP contribution in [0.3, 0.4) is 0 Å². The molecule has 0 radical (unpaired) electrons. The standard InChI is InChI=1S/C27H32N4O2/c1-18(2)21-8-10-23(11-9-21)30-27(32)22-12-14-31(15-13-22)25-16-26(29-17-28-25)33-24-7-5-6-19(3)20(24)4/h5-11,16-18,22H,12-15H2,1-4H3,(H,30,32). The molecule has 172 valence electrons. The van der Waals surface area contributed by atoms with Crippen LogP contribution in [0.2, 0.25) is 0 Å². The van der Waals surface area contributed by atoms with Crippen LogP contribution in [0, 0.1) is 19.8 Å². The molecule has 0 bridgehead atoms. The van der Waals surface area contributed by atoms with Crippen LogP contribution >= 0.6 is 0 Å². The zero-order valence-electron chi connectivity index (χ0n) is 19.8. The topological polar surface area (TPSA) is 67.3 Å². The Morgan fingerprint density at radius 1 is 1.06 bits per heavy atom. The van der Waals surface area contributed by atoms with E-state index in [1.807, 2.05) is 37.3 Å². The third kappa shape index (κ3) is 5.51. The molecule has 33 heavy (non-hydrogen) atoms. The number of carbonyl (C=O) groups excluding carboxylic acids is 1. The Bertz CT molecular complexity index is 1100. The van der Waals surface area contributed by atoms with E-state index in [9.17, 15) is 4.79 Å². The lowest BCUT2D eigenvalue weighted by molar-refractivity contribution is -0.120. The van der Waals surface area contributed by atoms with Gasteiger partial charge in [0.2, 0.25) is 11.8 Å². The Morgan fingerprint density at radius 2 is 1.79 bits per heavy atom. The molecule has 2 aromatic carbocycles. The molecule has 3 aromatic rings. The summed E-state index contributed by atoms with van der Waals surface area (Å²) in [6.45, 7) is 9.97. The lowest BCUT2D eigenvalue weighted by atomic mass is 9.95. The van der Waals surface area contributed by atoms with Gasteiger partial charge in [0.25, 0.3) is 0 Å². The van der Waals surface area contributed by atoms with Gasteiger partial charge in [0.1, 0.15) is 17.9 Å². The molecule has 4 rings (SSSR count). The minimum Gasteiger partial charge on any atom is -0.439 e. The molecule has 1 amide bonds. The number of aromatic nitrogens is 2. The van der Waals surface area contributed by atoms with E-state index < -0.39 is 0 Å². The Hall–Kier alpha value is -3.41. The van der Waals surface area contributed by atoms with Crippen molar-refractivity contribution in [2.45, 2.75) is 46.5 Å². The molecule has 1 saturated heterocycles. The minimum atomic E-state index is -0.00136. The summed E-state index contributed by atoms with van der Waals surface area (Å²) < 4.78 is 6.03. The van der Waals surface area contributed by atoms with Gasteiger partial charge in [0.15, 0.2) is 0 Å². The molecule has 1 aromatic heterocycles. The predicted molar refractivity (Wildman–Crippen MR) is 132 cm³/mol. The van der Waals surface area contributed by atoms with Gasteiger partial charge in [-0.05, 0) is 67.5 Å². The monoisotopic (exact) mass is 444 g/mol. The van der Waals surface area contributed by atoms with Crippen molar-refractivity contribution in [3.63, 3.8) is 0 Å². The van der Waals surface area contributed by atoms with Crippen molar-refractivity contribution < 1.29 is 9.53 Å². The quantitative estimate of drug-likeness (QED) is 0.515. The van der Waals surface area contributed by atoms with Crippen LogP contribution in [0.1, 0.15) is 49.3 Å². The predicted octanol–water partition coefficient (Wildman–Crippen LogP) is 5.86. The van der Waals surface area contributed by atoms with Gasteiger partial charge in [-0.2, -0.15) is 0 Å². The first-order valence-electron chi connectivity index (χ1n) is 11.6. The maximum absolute atomic E-state index is 12.8. The molecule has 0 spiro atoms. The molecule has 1 aliphatic rings. The highest BCUT2D eigenvalue weighted by Crippen LogP contribution is 2.29. The van der Waals surface area contributed by atoms with E-state index in [0.29, 0.717) is 11.8 Å². The van der Waals surface area contributed by atoms with Gasteiger partial charge in [-0.25, -0.2) is 9.97 Å². The van der Waals surface area contributed by atoms with Crippen LogP contribution in [-0.2, 0) is 4.79 Å². The Kier molecular flexibility index (Phi) is 6.92. The van der Waals surface area contributed by atoms with Gasteiger partial charge >= 0.3 is 0 Å². The first kappa shape index (κ1) is 22.8. The summed E-state index contributed by atoms with van der Waals surface area (Å²) in [5, 5.41) is 3.08. The molecule has 0 unspecified atom stereocenters. The fourth-order valence-electron chi connectivity index (χ4n) is 4.07. The third-order valence-corrected chi connectivity index (χ3v) is 6.43. The minimum absolute atomic E-state index is 0.00136. The molecule has 2 heterocycles. The Balaban J connectivity index is 1.34. The van der Waals surface area contributed by atoms with Gasteiger partial charge in [-0.15, -0.1) is 0 Å². The van der Waals surface area contributed by atoms with Crippen molar-refractivity contribution in [3.8, 4) is 11.6 Å². The number of amides is 1. The van der Waals surface area contributed by atoms with Gasteiger partial charge in [-0.1, -0.05) is 38.1 Å². The number of ether oxygens (including phenoxy) is 1. The number of hydrogen-bond acceptors (Lipinski definition) is 5. The number of nitrogens with one attached hydrogen (secondary N) is 1. The molecule has 1 N–H and O–H groups in total. The number of anilines is 2. The van der Waals surface area contributed by atoms with Crippen molar-refractivity contribution in [1.29, 1.82) is 0 Å². The van der Waals surface area contributed by atoms with E-state index in [0.717, 1.165) is 48.7 Å². The number of piperidine rings is 1. The second kappa shape index (κ2) is 10.0.